The molecule has 0 spiro atoms. The standard InChI is InChI=1S/C17H21NO3/c1-11-4-5-15-14(7-17(19)21-16(15)6-11)10-18-8-12(2)20-13(3)9-18/h4-7,12-13H,8-10H2,1-3H3/p+1/t12-,13-/m0/s1. The number of nitrogens with one attached hydrogen (secondary N) is 1. The molecule has 4 nitrogen and oxygen atoms in total. The average molecular weight is 288 g/mol. The molecule has 0 radical (unpaired) electrons. The van der Waals surface area contributed by atoms with Crippen molar-refractivity contribution >= 4 is 11.0 Å². The van der Waals surface area contributed by atoms with Gasteiger partial charge < -0.3 is 14.1 Å². The van der Waals surface area contributed by atoms with Crippen molar-refractivity contribution in [1.29, 1.82) is 0 Å². The molecule has 1 fully saturated rings. The molecule has 4 heteroatoms. The molecule has 0 bridgehead atoms. The summed E-state index contributed by atoms with van der Waals surface area (Å²) < 4.78 is 11.1. The maximum absolute atomic E-state index is 11.8. The van der Waals surface area contributed by atoms with E-state index in [2.05, 4.69) is 26.0 Å². The van der Waals surface area contributed by atoms with Gasteiger partial charge in [-0.2, -0.15) is 0 Å². The molecule has 1 aliphatic heterocycles. The number of ether oxygens (including phenoxy) is 1. The summed E-state index contributed by atoms with van der Waals surface area (Å²) in [7, 11) is 0. The maximum atomic E-state index is 11.8. The van der Waals surface area contributed by atoms with Gasteiger partial charge in [0.1, 0.15) is 37.4 Å². The van der Waals surface area contributed by atoms with E-state index in [1.807, 2.05) is 13.0 Å². The first-order valence-electron chi connectivity index (χ1n) is 7.53. The van der Waals surface area contributed by atoms with Crippen LogP contribution in [0, 0.1) is 6.92 Å². The lowest BCUT2D eigenvalue weighted by Crippen LogP contribution is -3.14. The molecule has 0 aliphatic carbocycles. The Balaban J connectivity index is 1.95. The molecule has 1 aromatic carbocycles. The van der Waals surface area contributed by atoms with Crippen LogP contribution in [0.25, 0.3) is 11.0 Å². The van der Waals surface area contributed by atoms with Crippen LogP contribution in [-0.4, -0.2) is 25.3 Å². The minimum Gasteiger partial charge on any atom is -0.423 e. The molecule has 0 amide bonds. The number of morpholine rings is 1. The zero-order valence-corrected chi connectivity index (χ0v) is 12.8. The molecule has 21 heavy (non-hydrogen) atoms. The van der Waals surface area contributed by atoms with Gasteiger partial charge in [0.2, 0.25) is 0 Å². The number of benzene rings is 1. The predicted molar refractivity (Wildman–Crippen MR) is 81.6 cm³/mol. The van der Waals surface area contributed by atoms with Gasteiger partial charge in [-0.1, -0.05) is 12.1 Å². The normalized spacial score (nSPS) is 26.1. The van der Waals surface area contributed by atoms with E-state index in [9.17, 15) is 4.79 Å². The molecule has 112 valence electrons. The minimum atomic E-state index is -0.267. The Kier molecular flexibility index (Phi) is 3.83. The van der Waals surface area contributed by atoms with E-state index in [1.54, 1.807) is 6.07 Å². The van der Waals surface area contributed by atoms with Crippen LogP contribution in [0.1, 0.15) is 25.0 Å². The fourth-order valence-electron chi connectivity index (χ4n) is 3.29. The largest absolute Gasteiger partial charge is 0.423 e. The Morgan fingerprint density at radius 2 is 1.90 bits per heavy atom. The number of fused-ring (bicyclic) bond motifs is 1. The summed E-state index contributed by atoms with van der Waals surface area (Å²) in [6.07, 6.45) is 0.523. The fourth-order valence-corrected chi connectivity index (χ4v) is 3.29. The predicted octanol–water partition coefficient (Wildman–Crippen LogP) is 1.29. The van der Waals surface area contributed by atoms with Gasteiger partial charge in [0.15, 0.2) is 0 Å². The molecule has 1 aliphatic rings. The lowest BCUT2D eigenvalue weighted by atomic mass is 10.1. The highest BCUT2D eigenvalue weighted by Crippen LogP contribution is 2.18. The minimum absolute atomic E-state index is 0.261. The van der Waals surface area contributed by atoms with Crippen LogP contribution in [-0.2, 0) is 11.3 Å². The lowest BCUT2D eigenvalue weighted by molar-refractivity contribution is -0.928. The molecule has 0 unspecified atom stereocenters. The maximum Gasteiger partial charge on any atom is 0.336 e. The first-order valence-corrected chi connectivity index (χ1v) is 7.53. The molecule has 2 aromatic rings. The summed E-state index contributed by atoms with van der Waals surface area (Å²) in [6.45, 7) is 8.99. The van der Waals surface area contributed by atoms with Crippen molar-refractivity contribution in [1.82, 2.24) is 0 Å². The van der Waals surface area contributed by atoms with Crippen molar-refractivity contribution in [2.45, 2.75) is 39.5 Å². The third-order valence-electron chi connectivity index (χ3n) is 4.04. The number of hydrogen-bond acceptors (Lipinski definition) is 3. The van der Waals surface area contributed by atoms with Crippen molar-refractivity contribution in [3.8, 4) is 0 Å². The Bertz CT molecular complexity index is 697. The summed E-state index contributed by atoms with van der Waals surface area (Å²) in [5, 5.41) is 1.04. The Morgan fingerprint density at radius 3 is 2.62 bits per heavy atom. The van der Waals surface area contributed by atoms with Crippen molar-refractivity contribution < 1.29 is 14.1 Å². The van der Waals surface area contributed by atoms with Crippen molar-refractivity contribution in [2.75, 3.05) is 13.1 Å². The second-order valence-electron chi connectivity index (χ2n) is 6.18. The van der Waals surface area contributed by atoms with Crippen LogP contribution in [0.4, 0.5) is 0 Å². The van der Waals surface area contributed by atoms with E-state index >= 15 is 0 Å². The molecule has 1 aromatic heterocycles. The quantitative estimate of drug-likeness (QED) is 0.847. The number of hydrogen-bond donors (Lipinski definition) is 1. The summed E-state index contributed by atoms with van der Waals surface area (Å²) in [5.74, 6) is 0. The summed E-state index contributed by atoms with van der Waals surface area (Å²) in [5.41, 5.74) is 2.59. The monoisotopic (exact) mass is 288 g/mol. The fraction of sp³-hybridized carbons (Fsp3) is 0.471. The highest BCUT2D eigenvalue weighted by molar-refractivity contribution is 5.80. The van der Waals surface area contributed by atoms with Gasteiger partial charge >= 0.3 is 5.63 Å². The van der Waals surface area contributed by atoms with Gasteiger partial charge in [0.05, 0.1) is 0 Å². The highest BCUT2D eigenvalue weighted by Gasteiger charge is 2.26. The molecule has 3 rings (SSSR count). The third-order valence-corrected chi connectivity index (χ3v) is 4.04. The van der Waals surface area contributed by atoms with Crippen LogP contribution in [0.2, 0.25) is 0 Å². The molecule has 2 heterocycles. The summed E-state index contributed by atoms with van der Waals surface area (Å²) in [6, 6.07) is 7.68. The summed E-state index contributed by atoms with van der Waals surface area (Å²) >= 11 is 0. The lowest BCUT2D eigenvalue weighted by Gasteiger charge is -2.32. The van der Waals surface area contributed by atoms with Gasteiger partial charge in [-0.3, -0.25) is 0 Å². The van der Waals surface area contributed by atoms with E-state index in [0.29, 0.717) is 5.58 Å². The van der Waals surface area contributed by atoms with Gasteiger partial charge in [-0.25, -0.2) is 4.79 Å². The van der Waals surface area contributed by atoms with Crippen molar-refractivity contribution in [3.05, 3.63) is 45.8 Å². The zero-order valence-electron chi connectivity index (χ0n) is 12.8. The topological polar surface area (TPSA) is 43.9 Å². The Morgan fingerprint density at radius 1 is 1.19 bits per heavy atom. The van der Waals surface area contributed by atoms with E-state index in [0.717, 1.165) is 36.1 Å². The number of aryl methyl sites for hydroxylation is 1. The van der Waals surface area contributed by atoms with Crippen LogP contribution in [0.3, 0.4) is 0 Å². The van der Waals surface area contributed by atoms with E-state index in [1.165, 1.54) is 4.90 Å². The molecular formula is C17H22NO3+. The Labute approximate surface area is 124 Å². The van der Waals surface area contributed by atoms with Gasteiger partial charge in [-0.15, -0.1) is 0 Å². The van der Waals surface area contributed by atoms with E-state index < -0.39 is 0 Å². The first-order chi connectivity index (χ1) is 10.0. The number of rotatable bonds is 2. The van der Waals surface area contributed by atoms with Gasteiger partial charge in [-0.05, 0) is 32.4 Å². The highest BCUT2D eigenvalue weighted by atomic mass is 16.5. The van der Waals surface area contributed by atoms with Crippen LogP contribution in [0.5, 0.6) is 0 Å². The SMILES string of the molecule is Cc1ccc2c(C[NH+]3C[C@H](C)O[C@@H](C)C3)cc(=O)oc2c1. The summed E-state index contributed by atoms with van der Waals surface area (Å²) in [4.78, 5) is 13.2. The smallest absolute Gasteiger partial charge is 0.336 e. The first kappa shape index (κ1) is 14.3. The zero-order chi connectivity index (χ0) is 15.0. The van der Waals surface area contributed by atoms with Crippen LogP contribution in [0.15, 0.2) is 33.5 Å². The van der Waals surface area contributed by atoms with Crippen LogP contribution >= 0.6 is 0 Å². The molecule has 0 saturated carbocycles. The van der Waals surface area contributed by atoms with E-state index in [-0.39, 0.29) is 17.8 Å². The number of quaternary nitrogens is 1. The average Bonchev–Trinajstić information content (AvgIpc) is 2.36. The van der Waals surface area contributed by atoms with Crippen molar-refractivity contribution in [3.63, 3.8) is 0 Å². The second-order valence-corrected chi connectivity index (χ2v) is 6.18. The van der Waals surface area contributed by atoms with Crippen molar-refractivity contribution in [2.24, 2.45) is 0 Å². The van der Waals surface area contributed by atoms with Crippen LogP contribution < -0.4 is 10.5 Å². The molecular weight excluding hydrogens is 266 g/mol. The molecule has 1 saturated heterocycles. The van der Waals surface area contributed by atoms with Gasteiger partial charge in [0, 0.05) is 17.0 Å². The second kappa shape index (κ2) is 5.62. The Hall–Kier alpha value is -1.65. The van der Waals surface area contributed by atoms with E-state index in [4.69, 9.17) is 9.15 Å². The third kappa shape index (κ3) is 3.17. The molecule has 1 N–H and O–H groups in total. The molecule has 2 atom stereocenters. The van der Waals surface area contributed by atoms with Gasteiger partial charge in [0.25, 0.3) is 0 Å².